The number of carbonyl (C=O) groups excluding carboxylic acids is 1. The van der Waals surface area contributed by atoms with Gasteiger partial charge in [0.25, 0.3) is 0 Å². The van der Waals surface area contributed by atoms with Crippen LogP contribution in [-0.2, 0) is 9.59 Å². The van der Waals surface area contributed by atoms with Crippen LogP contribution in [0.4, 0.5) is 0 Å². The van der Waals surface area contributed by atoms with Gasteiger partial charge < -0.3 is 10.4 Å². The molecule has 0 unspecified atom stereocenters. The third-order valence-corrected chi connectivity index (χ3v) is 1.25. The molecule has 2 N–H and O–H groups in total. The minimum absolute atomic E-state index is 0.170. The van der Waals surface area contributed by atoms with Gasteiger partial charge in [-0.2, -0.15) is 0 Å². The van der Waals surface area contributed by atoms with E-state index in [0.29, 0.717) is 0 Å². The maximum absolute atomic E-state index is 10.9. The predicted octanol–water partition coefficient (Wildman–Crippen LogP) is 0.232. The predicted molar refractivity (Wildman–Crippen MR) is 40.1 cm³/mol. The van der Waals surface area contributed by atoms with Gasteiger partial charge in [0, 0.05) is 5.92 Å². The first-order chi connectivity index (χ1) is 4.95. The highest BCUT2D eigenvalue weighted by Gasteiger charge is 2.15. The summed E-state index contributed by atoms with van der Waals surface area (Å²) in [5.41, 5.74) is 0. The molecule has 0 radical (unpaired) electrons. The van der Waals surface area contributed by atoms with Crippen LogP contribution >= 0.6 is 0 Å². The Morgan fingerprint density at radius 1 is 1.27 bits per heavy atom. The van der Waals surface area contributed by atoms with E-state index in [1.165, 1.54) is 6.92 Å². The largest absolute Gasteiger partial charge is 0.480 e. The molecule has 4 heteroatoms. The van der Waals surface area contributed by atoms with Gasteiger partial charge in [-0.1, -0.05) is 13.8 Å². The van der Waals surface area contributed by atoms with Gasteiger partial charge in [-0.3, -0.25) is 9.59 Å². The van der Waals surface area contributed by atoms with E-state index in [1.54, 1.807) is 13.8 Å². The lowest BCUT2D eigenvalue weighted by molar-refractivity contribution is -0.141. The molecule has 0 saturated heterocycles. The highest BCUT2D eigenvalue weighted by Crippen LogP contribution is 1.92. The molecular weight excluding hydrogens is 146 g/mol. The molecule has 4 nitrogen and oxygen atoms in total. The smallest absolute Gasteiger partial charge is 0.325 e. The van der Waals surface area contributed by atoms with Crippen molar-refractivity contribution in [3.63, 3.8) is 0 Å². The van der Waals surface area contributed by atoms with Crippen LogP contribution in [0.2, 0.25) is 0 Å². The zero-order valence-corrected chi connectivity index (χ0v) is 6.92. The van der Waals surface area contributed by atoms with Crippen LogP contribution in [0.25, 0.3) is 0 Å². The van der Waals surface area contributed by atoms with Crippen LogP contribution < -0.4 is 5.32 Å². The lowest BCUT2D eigenvalue weighted by Gasteiger charge is -2.10. The lowest BCUT2D eigenvalue weighted by atomic mass is 10.2. The van der Waals surface area contributed by atoms with E-state index in [1.807, 2.05) is 0 Å². The monoisotopic (exact) mass is 159 g/mol. The van der Waals surface area contributed by atoms with Crippen LogP contribution in [0, 0.1) is 5.92 Å². The van der Waals surface area contributed by atoms with Gasteiger partial charge >= 0.3 is 5.97 Å². The van der Waals surface area contributed by atoms with Gasteiger partial charge in [0.2, 0.25) is 5.91 Å². The Kier molecular flexibility index (Phi) is 3.57. The van der Waals surface area contributed by atoms with E-state index in [-0.39, 0.29) is 11.8 Å². The van der Waals surface area contributed by atoms with E-state index in [2.05, 4.69) is 5.32 Å². The Bertz CT molecular complexity index is 165. The van der Waals surface area contributed by atoms with Gasteiger partial charge in [-0.05, 0) is 6.92 Å². The molecular formula is C7H13NO3. The van der Waals surface area contributed by atoms with E-state index in [0.717, 1.165) is 0 Å². The fourth-order valence-corrected chi connectivity index (χ4v) is 0.442. The maximum Gasteiger partial charge on any atom is 0.325 e. The standard InChI is InChI=1S/C7H13NO3/c1-4(2)6(9)8-5(3)7(10)11/h4-5H,1-3H3,(H,8,9)(H,10,11)/t5-/m0/s1. The molecule has 0 saturated carbocycles. The molecule has 0 bridgehead atoms. The number of carboxylic acids is 1. The van der Waals surface area contributed by atoms with E-state index >= 15 is 0 Å². The molecule has 0 aliphatic carbocycles. The molecule has 0 heterocycles. The number of hydrogen-bond acceptors (Lipinski definition) is 2. The molecule has 0 fully saturated rings. The average Bonchev–Trinajstić information content (AvgIpc) is 1.87. The topological polar surface area (TPSA) is 66.4 Å². The van der Waals surface area contributed by atoms with Gasteiger partial charge in [-0.25, -0.2) is 0 Å². The molecule has 0 rings (SSSR count). The summed E-state index contributed by atoms with van der Waals surface area (Å²) >= 11 is 0. The lowest BCUT2D eigenvalue weighted by Crippen LogP contribution is -2.40. The van der Waals surface area contributed by atoms with Crippen molar-refractivity contribution in [3.05, 3.63) is 0 Å². The van der Waals surface area contributed by atoms with Gasteiger partial charge in [0.15, 0.2) is 0 Å². The SMILES string of the molecule is CC(C)C(=O)N[C@@H](C)C(=O)O. The summed E-state index contributed by atoms with van der Waals surface area (Å²) in [4.78, 5) is 21.1. The van der Waals surface area contributed by atoms with Crippen LogP contribution in [-0.4, -0.2) is 23.0 Å². The van der Waals surface area contributed by atoms with Crippen molar-refractivity contribution in [3.8, 4) is 0 Å². The first kappa shape index (κ1) is 9.94. The number of nitrogens with one attached hydrogen (secondary N) is 1. The third-order valence-electron chi connectivity index (χ3n) is 1.25. The van der Waals surface area contributed by atoms with Crippen LogP contribution in [0.3, 0.4) is 0 Å². The van der Waals surface area contributed by atoms with Crippen LogP contribution in [0.1, 0.15) is 20.8 Å². The molecule has 0 aromatic carbocycles. The second kappa shape index (κ2) is 3.95. The van der Waals surface area contributed by atoms with Gasteiger partial charge in [0.1, 0.15) is 6.04 Å². The molecule has 0 spiro atoms. The van der Waals surface area contributed by atoms with Crippen molar-refractivity contribution >= 4 is 11.9 Å². The Labute approximate surface area is 65.6 Å². The minimum atomic E-state index is -1.01. The second-order valence-electron chi connectivity index (χ2n) is 2.72. The fourth-order valence-electron chi connectivity index (χ4n) is 0.442. The minimum Gasteiger partial charge on any atom is -0.480 e. The number of aliphatic carboxylic acids is 1. The highest BCUT2D eigenvalue weighted by molar-refractivity contribution is 5.84. The third kappa shape index (κ3) is 3.60. The van der Waals surface area contributed by atoms with E-state index in [4.69, 9.17) is 5.11 Å². The Hall–Kier alpha value is -1.06. The number of amides is 1. The molecule has 1 atom stereocenters. The zero-order chi connectivity index (χ0) is 9.02. The molecule has 1 amide bonds. The van der Waals surface area contributed by atoms with Crippen molar-refractivity contribution in [2.75, 3.05) is 0 Å². The molecule has 0 aliphatic heterocycles. The number of hydrogen-bond donors (Lipinski definition) is 2. The van der Waals surface area contributed by atoms with E-state index in [9.17, 15) is 9.59 Å². The normalized spacial score (nSPS) is 12.7. The van der Waals surface area contributed by atoms with Gasteiger partial charge in [-0.15, -0.1) is 0 Å². The summed E-state index contributed by atoms with van der Waals surface area (Å²) < 4.78 is 0. The Morgan fingerprint density at radius 2 is 1.73 bits per heavy atom. The second-order valence-corrected chi connectivity index (χ2v) is 2.72. The van der Waals surface area contributed by atoms with Crippen molar-refractivity contribution in [2.24, 2.45) is 5.92 Å². The summed E-state index contributed by atoms with van der Waals surface area (Å²) in [6.07, 6.45) is 0. The first-order valence-electron chi connectivity index (χ1n) is 3.48. The number of carbonyl (C=O) groups is 2. The summed E-state index contributed by atoms with van der Waals surface area (Å²) in [5.74, 6) is -1.42. The molecule has 11 heavy (non-hydrogen) atoms. The van der Waals surface area contributed by atoms with Crippen LogP contribution in [0.15, 0.2) is 0 Å². The van der Waals surface area contributed by atoms with E-state index < -0.39 is 12.0 Å². The van der Waals surface area contributed by atoms with Crippen molar-refractivity contribution in [2.45, 2.75) is 26.8 Å². The van der Waals surface area contributed by atoms with Crippen molar-refractivity contribution < 1.29 is 14.7 Å². The summed E-state index contributed by atoms with van der Waals surface area (Å²) in [6, 6.07) is -0.801. The number of rotatable bonds is 3. The highest BCUT2D eigenvalue weighted by atomic mass is 16.4. The summed E-state index contributed by atoms with van der Waals surface area (Å²) in [6.45, 7) is 4.86. The average molecular weight is 159 g/mol. The molecule has 0 aliphatic rings. The Balaban J connectivity index is 3.85. The first-order valence-corrected chi connectivity index (χ1v) is 3.48. The molecule has 0 aromatic heterocycles. The van der Waals surface area contributed by atoms with Crippen molar-refractivity contribution in [1.29, 1.82) is 0 Å². The fraction of sp³-hybridized carbons (Fsp3) is 0.714. The summed E-state index contributed by atoms with van der Waals surface area (Å²) in [7, 11) is 0. The van der Waals surface area contributed by atoms with Crippen molar-refractivity contribution in [1.82, 2.24) is 5.32 Å². The maximum atomic E-state index is 10.9. The van der Waals surface area contributed by atoms with Crippen LogP contribution in [0.5, 0.6) is 0 Å². The summed E-state index contributed by atoms with van der Waals surface area (Å²) in [5, 5.41) is 10.7. The molecule has 0 aromatic rings. The zero-order valence-electron chi connectivity index (χ0n) is 6.92. The Morgan fingerprint density at radius 3 is 2.00 bits per heavy atom. The number of carboxylic acid groups (broad SMARTS) is 1. The molecule has 64 valence electrons. The quantitative estimate of drug-likeness (QED) is 0.619. The van der Waals surface area contributed by atoms with Gasteiger partial charge in [0.05, 0.1) is 0 Å².